The van der Waals surface area contributed by atoms with Crippen LogP contribution in [0.2, 0.25) is 5.02 Å². The van der Waals surface area contributed by atoms with Crippen LogP contribution in [0.25, 0.3) is 0 Å². The Hall–Kier alpha value is -2.93. The van der Waals surface area contributed by atoms with Crippen molar-refractivity contribution in [3.8, 4) is 17.2 Å². The molecule has 2 aromatic rings. The average molecular weight is 363 g/mol. The van der Waals surface area contributed by atoms with Crippen molar-refractivity contribution >= 4 is 29.2 Å². The fraction of sp³-hybridized carbons (Fsp3) is 0.176. The minimum Gasteiger partial charge on any atom is -0.495 e. The summed E-state index contributed by atoms with van der Waals surface area (Å²) < 4.78 is 16.0. The lowest BCUT2D eigenvalue weighted by Gasteiger charge is -2.18. The number of ether oxygens (including phenoxy) is 3. The zero-order valence-corrected chi connectivity index (χ0v) is 14.1. The molecule has 0 atom stereocenters. The molecule has 130 valence electrons. The molecule has 0 bridgehead atoms. The Kier molecular flexibility index (Phi) is 4.95. The minimum absolute atomic E-state index is 0.275. The third-order valence-corrected chi connectivity index (χ3v) is 3.68. The fourth-order valence-corrected chi connectivity index (χ4v) is 2.46. The topological polar surface area (TPSA) is 85.9 Å². The number of hydrogen-bond donors (Lipinski definition) is 2. The standard InChI is InChI=1S/C17H15ClN2O5/c1-23-13-5-3-11(18)9-12(13)19-17(22)20-16(21)10-2-4-14-15(8-10)25-7-6-24-14/h2-5,8-9H,6-7H2,1H3,(H2,19,20,21,22). The molecule has 3 amide bonds. The van der Waals surface area contributed by atoms with E-state index in [-0.39, 0.29) is 5.56 Å². The first-order valence-corrected chi connectivity index (χ1v) is 7.80. The maximum absolute atomic E-state index is 12.2. The molecular weight excluding hydrogens is 348 g/mol. The van der Waals surface area contributed by atoms with Gasteiger partial charge in [-0.15, -0.1) is 0 Å². The van der Waals surface area contributed by atoms with E-state index in [0.717, 1.165) is 0 Å². The summed E-state index contributed by atoms with van der Waals surface area (Å²) in [5.41, 5.74) is 0.625. The van der Waals surface area contributed by atoms with Crippen LogP contribution in [0.5, 0.6) is 17.2 Å². The van der Waals surface area contributed by atoms with Crippen LogP contribution in [-0.4, -0.2) is 32.3 Å². The lowest BCUT2D eigenvalue weighted by molar-refractivity contribution is 0.0966. The second-order valence-corrected chi connectivity index (χ2v) is 5.55. The van der Waals surface area contributed by atoms with Crippen LogP contribution in [0.3, 0.4) is 0 Å². The number of nitrogens with one attached hydrogen (secondary N) is 2. The highest BCUT2D eigenvalue weighted by atomic mass is 35.5. The number of urea groups is 1. The van der Waals surface area contributed by atoms with E-state index in [2.05, 4.69) is 10.6 Å². The molecule has 0 spiro atoms. The van der Waals surface area contributed by atoms with Gasteiger partial charge in [0.05, 0.1) is 12.8 Å². The Labute approximate surface area is 148 Å². The lowest BCUT2D eigenvalue weighted by atomic mass is 10.2. The molecule has 7 nitrogen and oxygen atoms in total. The summed E-state index contributed by atoms with van der Waals surface area (Å²) in [5.74, 6) is 0.883. The number of hydrogen-bond acceptors (Lipinski definition) is 5. The van der Waals surface area contributed by atoms with Gasteiger partial charge in [-0.1, -0.05) is 11.6 Å². The zero-order valence-electron chi connectivity index (χ0n) is 13.3. The van der Waals surface area contributed by atoms with Gasteiger partial charge < -0.3 is 19.5 Å². The second-order valence-electron chi connectivity index (χ2n) is 5.11. The van der Waals surface area contributed by atoms with Crippen molar-refractivity contribution in [1.82, 2.24) is 5.32 Å². The van der Waals surface area contributed by atoms with Crippen molar-refractivity contribution < 1.29 is 23.8 Å². The Morgan fingerprint density at radius 2 is 1.84 bits per heavy atom. The normalized spacial score (nSPS) is 12.2. The van der Waals surface area contributed by atoms with E-state index in [1.165, 1.54) is 19.2 Å². The molecule has 0 aliphatic carbocycles. The first-order chi connectivity index (χ1) is 12.1. The van der Waals surface area contributed by atoms with Gasteiger partial charge in [-0.25, -0.2) is 4.79 Å². The predicted molar refractivity (Wildman–Crippen MR) is 91.9 cm³/mol. The van der Waals surface area contributed by atoms with Gasteiger partial charge in [0.15, 0.2) is 11.5 Å². The van der Waals surface area contributed by atoms with E-state index in [1.807, 2.05) is 0 Å². The van der Waals surface area contributed by atoms with Crippen LogP contribution in [0.1, 0.15) is 10.4 Å². The molecule has 25 heavy (non-hydrogen) atoms. The van der Waals surface area contributed by atoms with Crippen molar-refractivity contribution in [2.24, 2.45) is 0 Å². The molecule has 0 saturated carbocycles. The fourth-order valence-electron chi connectivity index (χ4n) is 2.29. The number of imide groups is 1. The van der Waals surface area contributed by atoms with Crippen molar-refractivity contribution in [3.05, 3.63) is 47.0 Å². The molecule has 3 rings (SSSR count). The van der Waals surface area contributed by atoms with Crippen molar-refractivity contribution in [2.75, 3.05) is 25.6 Å². The largest absolute Gasteiger partial charge is 0.495 e. The number of fused-ring (bicyclic) bond motifs is 1. The van der Waals surface area contributed by atoms with E-state index < -0.39 is 11.9 Å². The molecule has 1 heterocycles. The SMILES string of the molecule is COc1ccc(Cl)cc1NC(=O)NC(=O)c1ccc2c(c1)OCCO2. The minimum atomic E-state index is -0.708. The van der Waals surface area contributed by atoms with E-state index in [0.29, 0.717) is 41.2 Å². The third-order valence-electron chi connectivity index (χ3n) is 3.44. The van der Waals surface area contributed by atoms with Gasteiger partial charge in [-0.05, 0) is 36.4 Å². The highest BCUT2D eigenvalue weighted by molar-refractivity contribution is 6.31. The number of benzene rings is 2. The van der Waals surface area contributed by atoms with E-state index in [1.54, 1.807) is 24.3 Å². The van der Waals surface area contributed by atoms with Gasteiger partial charge in [-0.2, -0.15) is 0 Å². The summed E-state index contributed by atoms with van der Waals surface area (Å²) >= 11 is 5.91. The molecule has 1 aliphatic heterocycles. The average Bonchev–Trinajstić information content (AvgIpc) is 2.61. The molecule has 0 saturated heterocycles. The highest BCUT2D eigenvalue weighted by Gasteiger charge is 2.17. The van der Waals surface area contributed by atoms with Crippen LogP contribution < -0.4 is 24.8 Å². The Balaban J connectivity index is 1.69. The first kappa shape index (κ1) is 16.9. The maximum atomic E-state index is 12.2. The maximum Gasteiger partial charge on any atom is 0.326 e. The molecule has 8 heteroatoms. The quantitative estimate of drug-likeness (QED) is 0.876. The number of carbonyl (C=O) groups excluding carboxylic acids is 2. The number of methoxy groups -OCH3 is 1. The first-order valence-electron chi connectivity index (χ1n) is 7.42. The predicted octanol–water partition coefficient (Wildman–Crippen LogP) is 3.08. The van der Waals surface area contributed by atoms with Crippen molar-refractivity contribution in [2.45, 2.75) is 0 Å². The molecule has 0 aromatic heterocycles. The van der Waals surface area contributed by atoms with Crippen LogP contribution >= 0.6 is 11.6 Å². The van der Waals surface area contributed by atoms with Crippen LogP contribution in [0, 0.1) is 0 Å². The molecular formula is C17H15ClN2O5. The molecule has 0 radical (unpaired) electrons. The monoisotopic (exact) mass is 362 g/mol. The van der Waals surface area contributed by atoms with Crippen molar-refractivity contribution in [1.29, 1.82) is 0 Å². The number of halogens is 1. The molecule has 2 N–H and O–H groups in total. The van der Waals surface area contributed by atoms with E-state index in [4.69, 9.17) is 25.8 Å². The summed E-state index contributed by atoms with van der Waals surface area (Å²) in [7, 11) is 1.46. The third kappa shape index (κ3) is 3.95. The summed E-state index contributed by atoms with van der Waals surface area (Å²) in [6, 6.07) is 8.76. The van der Waals surface area contributed by atoms with Gasteiger partial charge >= 0.3 is 6.03 Å². The Morgan fingerprint density at radius 1 is 1.08 bits per heavy atom. The van der Waals surface area contributed by atoms with Gasteiger partial charge in [0.2, 0.25) is 0 Å². The number of rotatable bonds is 3. The highest BCUT2D eigenvalue weighted by Crippen LogP contribution is 2.31. The van der Waals surface area contributed by atoms with Gasteiger partial charge in [-0.3, -0.25) is 10.1 Å². The molecule has 1 aliphatic rings. The lowest BCUT2D eigenvalue weighted by Crippen LogP contribution is -2.34. The molecule has 0 unspecified atom stereocenters. The van der Waals surface area contributed by atoms with Gasteiger partial charge in [0.25, 0.3) is 5.91 Å². The van der Waals surface area contributed by atoms with Crippen molar-refractivity contribution in [3.63, 3.8) is 0 Å². The molecule has 2 aromatic carbocycles. The summed E-state index contributed by atoms with van der Waals surface area (Å²) in [4.78, 5) is 24.3. The van der Waals surface area contributed by atoms with E-state index >= 15 is 0 Å². The number of amides is 3. The van der Waals surface area contributed by atoms with Crippen LogP contribution in [-0.2, 0) is 0 Å². The second kappa shape index (κ2) is 7.31. The molecule has 0 fully saturated rings. The smallest absolute Gasteiger partial charge is 0.326 e. The summed E-state index contributed by atoms with van der Waals surface area (Å²) in [6.07, 6.45) is 0. The zero-order chi connectivity index (χ0) is 17.8. The Bertz CT molecular complexity index is 825. The van der Waals surface area contributed by atoms with Gasteiger partial charge in [0.1, 0.15) is 19.0 Å². The van der Waals surface area contributed by atoms with Gasteiger partial charge in [0, 0.05) is 10.6 Å². The Morgan fingerprint density at radius 3 is 2.60 bits per heavy atom. The summed E-state index contributed by atoms with van der Waals surface area (Å²) in [5, 5.41) is 5.19. The summed E-state index contributed by atoms with van der Waals surface area (Å²) in [6.45, 7) is 0.871. The number of anilines is 1. The van der Waals surface area contributed by atoms with Crippen LogP contribution in [0.15, 0.2) is 36.4 Å². The van der Waals surface area contributed by atoms with Crippen LogP contribution in [0.4, 0.5) is 10.5 Å². The number of carbonyl (C=O) groups is 2. The van der Waals surface area contributed by atoms with E-state index in [9.17, 15) is 9.59 Å².